The number of ether oxygens (including phenoxy) is 2. The van der Waals surface area contributed by atoms with Crippen LogP contribution < -0.4 is 9.64 Å². The molecule has 32 heavy (non-hydrogen) atoms. The van der Waals surface area contributed by atoms with E-state index in [0.29, 0.717) is 22.9 Å². The highest BCUT2D eigenvalue weighted by molar-refractivity contribution is 6.30. The number of anilines is 1. The van der Waals surface area contributed by atoms with E-state index in [9.17, 15) is 10.4 Å². The van der Waals surface area contributed by atoms with Crippen LogP contribution >= 0.6 is 24.0 Å². The van der Waals surface area contributed by atoms with Gasteiger partial charge in [0, 0.05) is 42.5 Å². The second-order valence-corrected chi connectivity index (χ2v) is 9.02. The van der Waals surface area contributed by atoms with Crippen molar-refractivity contribution in [2.24, 2.45) is 0 Å². The Balaban J connectivity index is 0.00000289. The normalized spacial score (nSPS) is 22.1. The van der Waals surface area contributed by atoms with E-state index in [4.69, 9.17) is 21.1 Å². The number of nitrogens with zero attached hydrogens (tertiary/aromatic N) is 3. The summed E-state index contributed by atoms with van der Waals surface area (Å²) in [6.45, 7) is 8.60. The van der Waals surface area contributed by atoms with Crippen LogP contribution in [0.1, 0.15) is 31.0 Å². The molecular weight excluding hydrogens is 449 g/mol. The van der Waals surface area contributed by atoms with Crippen molar-refractivity contribution in [1.29, 1.82) is 5.26 Å². The van der Waals surface area contributed by atoms with Gasteiger partial charge >= 0.3 is 0 Å². The van der Waals surface area contributed by atoms with E-state index < -0.39 is 11.7 Å². The summed E-state index contributed by atoms with van der Waals surface area (Å²) in [4.78, 5) is 4.58. The van der Waals surface area contributed by atoms with Crippen molar-refractivity contribution in [1.82, 2.24) is 4.90 Å². The first-order valence-corrected chi connectivity index (χ1v) is 11.0. The highest BCUT2D eigenvalue weighted by Gasteiger charge is 2.45. The van der Waals surface area contributed by atoms with Gasteiger partial charge in [-0.25, -0.2) is 0 Å². The van der Waals surface area contributed by atoms with Crippen molar-refractivity contribution in [3.8, 4) is 11.8 Å². The van der Waals surface area contributed by atoms with E-state index in [1.165, 1.54) is 0 Å². The zero-order chi connectivity index (χ0) is 22.0. The number of aliphatic hydroxyl groups is 1. The van der Waals surface area contributed by atoms with Gasteiger partial charge in [-0.15, -0.1) is 12.4 Å². The largest absolute Gasteiger partial charge is 0.485 e. The van der Waals surface area contributed by atoms with E-state index in [2.05, 4.69) is 15.9 Å². The fourth-order valence-corrected chi connectivity index (χ4v) is 4.44. The predicted molar refractivity (Wildman–Crippen MR) is 128 cm³/mol. The number of fused-ring (bicyclic) bond motifs is 1. The average Bonchev–Trinajstić information content (AvgIpc) is 2.77. The van der Waals surface area contributed by atoms with Gasteiger partial charge < -0.3 is 19.5 Å². The van der Waals surface area contributed by atoms with E-state index in [0.717, 1.165) is 44.1 Å². The standard InChI is InChI=1S/C24H28ClN3O3.ClH/c1-24(2)23(29)22(20-15-17(16-26)3-8-21(20)31-24)28(19-6-4-18(25)5-7-19)10-9-27-11-13-30-14-12-27;/h3-8,15,22-23,29H,9-14H2,1-2H3;1H/t22?,23-;/m1./s1. The van der Waals surface area contributed by atoms with Crippen molar-refractivity contribution in [3.63, 3.8) is 0 Å². The first kappa shape index (κ1) is 24.6. The lowest BCUT2D eigenvalue weighted by atomic mass is 9.84. The smallest absolute Gasteiger partial charge is 0.132 e. The van der Waals surface area contributed by atoms with Gasteiger partial charge in [-0.1, -0.05) is 11.6 Å². The third-order valence-electron chi connectivity index (χ3n) is 6.10. The second-order valence-electron chi connectivity index (χ2n) is 8.58. The molecule has 1 saturated heterocycles. The summed E-state index contributed by atoms with van der Waals surface area (Å²) in [6.07, 6.45) is -0.797. The molecule has 2 atom stereocenters. The quantitative estimate of drug-likeness (QED) is 0.700. The van der Waals surface area contributed by atoms with Crippen molar-refractivity contribution in [2.75, 3.05) is 44.3 Å². The number of hydrogen-bond acceptors (Lipinski definition) is 6. The van der Waals surface area contributed by atoms with Gasteiger partial charge in [0.2, 0.25) is 0 Å². The molecule has 4 rings (SSSR count). The van der Waals surface area contributed by atoms with Gasteiger partial charge in [0.1, 0.15) is 17.5 Å². The number of rotatable bonds is 5. The maximum Gasteiger partial charge on any atom is 0.132 e. The van der Waals surface area contributed by atoms with Crippen LogP contribution in [0.3, 0.4) is 0 Å². The molecule has 2 heterocycles. The molecule has 172 valence electrons. The highest BCUT2D eigenvalue weighted by Crippen LogP contribution is 2.44. The molecule has 8 heteroatoms. The van der Waals surface area contributed by atoms with Gasteiger partial charge in [-0.2, -0.15) is 5.26 Å². The summed E-state index contributed by atoms with van der Waals surface area (Å²) in [7, 11) is 0. The number of halogens is 2. The van der Waals surface area contributed by atoms with Crippen LogP contribution in [-0.4, -0.2) is 61.1 Å². The fraction of sp³-hybridized carbons (Fsp3) is 0.458. The van der Waals surface area contributed by atoms with E-state index in [1.807, 2.05) is 50.2 Å². The predicted octanol–water partition coefficient (Wildman–Crippen LogP) is 4.05. The molecule has 2 aromatic carbocycles. The molecule has 6 nitrogen and oxygen atoms in total. The van der Waals surface area contributed by atoms with Crippen LogP contribution in [0, 0.1) is 11.3 Å². The molecule has 0 aliphatic carbocycles. The Morgan fingerprint density at radius 1 is 1.19 bits per heavy atom. The van der Waals surface area contributed by atoms with E-state index in [1.54, 1.807) is 6.07 Å². The number of hydrogen-bond donors (Lipinski definition) is 1. The molecule has 2 aromatic rings. The summed E-state index contributed by atoms with van der Waals surface area (Å²) < 4.78 is 11.6. The molecule has 0 radical (unpaired) electrons. The van der Waals surface area contributed by atoms with Gasteiger partial charge in [0.25, 0.3) is 0 Å². The first-order chi connectivity index (χ1) is 14.9. The van der Waals surface area contributed by atoms with Crippen LogP contribution in [0.4, 0.5) is 5.69 Å². The van der Waals surface area contributed by atoms with Gasteiger partial charge in [-0.05, 0) is 56.3 Å². The lowest BCUT2D eigenvalue weighted by molar-refractivity contribution is -0.0591. The molecular formula is C24H29Cl2N3O3. The van der Waals surface area contributed by atoms with E-state index >= 15 is 0 Å². The Morgan fingerprint density at radius 3 is 2.53 bits per heavy atom. The van der Waals surface area contributed by atoms with Crippen LogP contribution in [0.5, 0.6) is 5.75 Å². The lowest BCUT2D eigenvalue weighted by Gasteiger charge is -2.47. The maximum atomic E-state index is 11.4. The van der Waals surface area contributed by atoms with Gasteiger partial charge in [0.05, 0.1) is 30.9 Å². The zero-order valence-electron chi connectivity index (χ0n) is 18.3. The SMILES string of the molecule is CC1(C)Oc2ccc(C#N)cc2C(N(CCN2CCOCC2)c2ccc(Cl)cc2)[C@H]1O.Cl. The number of nitriles is 1. The topological polar surface area (TPSA) is 69.0 Å². The molecule has 0 amide bonds. The number of morpholine rings is 1. The minimum Gasteiger partial charge on any atom is -0.485 e. The van der Waals surface area contributed by atoms with Crippen LogP contribution in [-0.2, 0) is 4.74 Å². The van der Waals surface area contributed by atoms with Crippen molar-refractivity contribution >= 4 is 29.7 Å². The third kappa shape index (κ3) is 5.14. The number of aliphatic hydroxyl groups excluding tert-OH is 1. The summed E-state index contributed by atoms with van der Waals surface area (Å²) in [5.74, 6) is 0.699. The highest BCUT2D eigenvalue weighted by atomic mass is 35.5. The first-order valence-electron chi connectivity index (χ1n) is 10.6. The Hall–Kier alpha value is -2.01. The van der Waals surface area contributed by atoms with Crippen LogP contribution in [0.2, 0.25) is 5.02 Å². The molecule has 1 unspecified atom stereocenters. The fourth-order valence-electron chi connectivity index (χ4n) is 4.31. The minimum atomic E-state index is -0.797. The molecule has 0 spiro atoms. The summed E-state index contributed by atoms with van der Waals surface area (Å²) in [5, 5.41) is 21.5. The van der Waals surface area contributed by atoms with Crippen molar-refractivity contribution in [3.05, 3.63) is 58.6 Å². The number of benzene rings is 2. The van der Waals surface area contributed by atoms with Crippen molar-refractivity contribution < 1.29 is 14.6 Å². The Kier molecular flexibility index (Phi) is 7.92. The summed E-state index contributed by atoms with van der Waals surface area (Å²) in [6, 6.07) is 14.9. The molecule has 0 bridgehead atoms. The van der Waals surface area contributed by atoms with Crippen molar-refractivity contribution in [2.45, 2.75) is 31.6 Å². The monoisotopic (exact) mass is 477 g/mol. The molecule has 1 fully saturated rings. The van der Waals surface area contributed by atoms with Gasteiger partial charge in [0.15, 0.2) is 0 Å². The molecule has 2 aliphatic heterocycles. The molecule has 2 aliphatic rings. The molecule has 0 aromatic heterocycles. The minimum absolute atomic E-state index is 0. The summed E-state index contributed by atoms with van der Waals surface area (Å²) in [5.41, 5.74) is 1.55. The zero-order valence-corrected chi connectivity index (χ0v) is 19.9. The Morgan fingerprint density at radius 2 is 1.88 bits per heavy atom. The molecule has 1 N–H and O–H groups in total. The second kappa shape index (κ2) is 10.3. The average molecular weight is 478 g/mol. The maximum absolute atomic E-state index is 11.4. The summed E-state index contributed by atoms with van der Waals surface area (Å²) >= 11 is 6.15. The van der Waals surface area contributed by atoms with Crippen LogP contribution in [0.15, 0.2) is 42.5 Å². The Bertz CT molecular complexity index is 956. The van der Waals surface area contributed by atoms with Crippen LogP contribution in [0.25, 0.3) is 0 Å². The van der Waals surface area contributed by atoms with E-state index in [-0.39, 0.29) is 18.4 Å². The van der Waals surface area contributed by atoms with Gasteiger partial charge in [-0.3, -0.25) is 4.90 Å². The third-order valence-corrected chi connectivity index (χ3v) is 6.35. The lowest BCUT2D eigenvalue weighted by Crippen LogP contribution is -2.55. The molecule has 0 saturated carbocycles. The Labute approximate surface area is 200 Å².